The molecule has 37 heavy (non-hydrogen) atoms. The maximum absolute atomic E-state index is 13.2. The summed E-state index contributed by atoms with van der Waals surface area (Å²) in [6.07, 6.45) is 2.89. The third-order valence-electron chi connectivity index (χ3n) is 7.04. The Bertz CT molecular complexity index is 1240. The minimum absolute atomic E-state index is 0.00105. The van der Waals surface area contributed by atoms with Crippen molar-refractivity contribution in [2.45, 2.75) is 49.8 Å². The first-order valence-corrected chi connectivity index (χ1v) is 14.1. The first-order chi connectivity index (χ1) is 17.3. The molecule has 1 N–H and O–H groups in total. The van der Waals surface area contributed by atoms with Gasteiger partial charge in [0.1, 0.15) is 17.1 Å². The molecule has 0 aliphatic carbocycles. The molecule has 1 aromatic carbocycles. The predicted octanol–water partition coefficient (Wildman–Crippen LogP) is 2.77. The van der Waals surface area contributed by atoms with Gasteiger partial charge in [0.05, 0.1) is 6.61 Å². The van der Waals surface area contributed by atoms with Crippen molar-refractivity contribution in [3.8, 4) is 16.9 Å². The monoisotopic (exact) mass is 540 g/mol. The van der Waals surface area contributed by atoms with Gasteiger partial charge in [-0.15, -0.1) is 0 Å². The molecule has 0 saturated carbocycles. The van der Waals surface area contributed by atoms with Crippen molar-refractivity contribution < 1.29 is 31.8 Å². The summed E-state index contributed by atoms with van der Waals surface area (Å²) in [5.74, 6) is -2.69. The fourth-order valence-electron chi connectivity index (χ4n) is 4.23. The maximum Gasteiger partial charge on any atom is 0.251 e. The molecule has 0 bridgehead atoms. The lowest BCUT2D eigenvalue weighted by Crippen LogP contribution is -2.46. The molecular formula is C26H34F2N2O6S. The molecule has 0 amide bonds. The first-order valence-electron chi connectivity index (χ1n) is 12.2. The molecule has 3 rings (SSSR count). The van der Waals surface area contributed by atoms with Crippen molar-refractivity contribution >= 4 is 15.6 Å². The van der Waals surface area contributed by atoms with E-state index in [1.54, 1.807) is 24.4 Å². The van der Waals surface area contributed by atoms with E-state index < -0.39 is 32.9 Å². The number of ether oxygens (including phenoxy) is 1. The van der Waals surface area contributed by atoms with Gasteiger partial charge in [0.25, 0.3) is 11.5 Å². The average molecular weight is 541 g/mol. The number of aliphatic hydroxyl groups is 1. The topological polar surface area (TPSA) is 106 Å². The van der Waals surface area contributed by atoms with E-state index in [0.29, 0.717) is 37.6 Å². The van der Waals surface area contributed by atoms with Crippen molar-refractivity contribution in [3.63, 3.8) is 0 Å². The summed E-state index contributed by atoms with van der Waals surface area (Å²) in [7, 11) is -3.80. The number of rotatable bonds is 12. The molecule has 1 fully saturated rings. The molecule has 1 atom stereocenters. The number of benzene rings is 1. The van der Waals surface area contributed by atoms with Crippen LogP contribution < -0.4 is 10.3 Å². The first kappa shape index (κ1) is 28.9. The number of hydrogen-bond donors (Lipinski definition) is 1. The number of piperidine rings is 1. The number of nitrogens with zero attached hydrogens (tertiary/aromatic N) is 2. The molecule has 0 radical (unpaired) electrons. The van der Waals surface area contributed by atoms with E-state index in [2.05, 4.69) is 0 Å². The molecule has 11 heteroatoms. The molecule has 1 aliphatic heterocycles. The lowest BCUT2D eigenvalue weighted by Gasteiger charge is -2.31. The Balaban J connectivity index is 1.54. The van der Waals surface area contributed by atoms with E-state index in [-0.39, 0.29) is 31.4 Å². The van der Waals surface area contributed by atoms with Crippen LogP contribution in [0.15, 0.2) is 47.4 Å². The van der Waals surface area contributed by atoms with Gasteiger partial charge in [0.2, 0.25) is 0 Å². The van der Waals surface area contributed by atoms with E-state index >= 15 is 0 Å². The highest BCUT2D eigenvalue weighted by molar-refractivity contribution is 7.92. The van der Waals surface area contributed by atoms with Crippen LogP contribution in [0, 0.1) is 0 Å². The number of Topliss-reactive ketones (excluding diaryl/α,β-unsaturated/α-hetero) is 1. The molecule has 8 nitrogen and oxygen atoms in total. The summed E-state index contributed by atoms with van der Waals surface area (Å²) in [5.41, 5.74) is 1.12. The molecule has 2 heterocycles. The van der Waals surface area contributed by atoms with Crippen LogP contribution in [0.3, 0.4) is 0 Å². The summed E-state index contributed by atoms with van der Waals surface area (Å²) in [4.78, 5) is 26.7. The third kappa shape index (κ3) is 7.45. The lowest BCUT2D eigenvalue weighted by molar-refractivity contribution is -0.124. The summed E-state index contributed by atoms with van der Waals surface area (Å²) in [6, 6.07) is 10.4. The Morgan fingerprint density at radius 2 is 1.76 bits per heavy atom. The smallest absolute Gasteiger partial charge is 0.251 e. The van der Waals surface area contributed by atoms with Crippen molar-refractivity contribution in [3.05, 3.63) is 52.9 Å². The summed E-state index contributed by atoms with van der Waals surface area (Å²) in [5, 5.41) is 9.18. The number of aryl methyl sites for hydroxylation is 1. The van der Waals surface area contributed by atoms with E-state index in [1.807, 2.05) is 17.0 Å². The van der Waals surface area contributed by atoms with Crippen molar-refractivity contribution in [1.29, 1.82) is 0 Å². The zero-order valence-corrected chi connectivity index (χ0v) is 22.0. The number of ketones is 1. The highest BCUT2D eigenvalue weighted by Gasteiger charge is 2.42. The number of pyridine rings is 1. The maximum atomic E-state index is 13.2. The Hall–Kier alpha value is -2.63. The number of alkyl halides is 2. The van der Waals surface area contributed by atoms with Crippen LogP contribution in [0.5, 0.6) is 5.75 Å². The number of halogens is 2. The van der Waals surface area contributed by atoms with Gasteiger partial charge in [-0.05, 0) is 49.1 Å². The SMILES string of the molecule is CC(CCn1ccc(-c2ccc(OCCCN3CCC(F)(F)CC3)cc2)cc1=O)(C(=O)CO)S(C)(=O)=O. The van der Waals surface area contributed by atoms with Crippen LogP contribution in [-0.2, 0) is 21.2 Å². The average Bonchev–Trinajstić information content (AvgIpc) is 2.85. The van der Waals surface area contributed by atoms with Gasteiger partial charge in [-0.1, -0.05) is 12.1 Å². The highest BCUT2D eigenvalue weighted by Crippen LogP contribution is 2.28. The second kappa shape index (κ2) is 11.8. The third-order valence-corrected chi connectivity index (χ3v) is 9.11. The number of hydrogen-bond acceptors (Lipinski definition) is 7. The number of aromatic nitrogens is 1. The fourth-order valence-corrected chi connectivity index (χ4v) is 5.17. The van der Waals surface area contributed by atoms with Gasteiger partial charge in [0, 0.05) is 57.5 Å². The van der Waals surface area contributed by atoms with Crippen LogP contribution in [0.2, 0.25) is 0 Å². The molecule has 204 valence electrons. The van der Waals surface area contributed by atoms with Crippen LogP contribution >= 0.6 is 0 Å². The second-order valence-electron chi connectivity index (χ2n) is 9.71. The summed E-state index contributed by atoms with van der Waals surface area (Å²) < 4.78 is 56.1. The number of sulfone groups is 1. The van der Waals surface area contributed by atoms with Gasteiger partial charge in [0.15, 0.2) is 15.6 Å². The van der Waals surface area contributed by atoms with Crippen LogP contribution in [0.1, 0.15) is 32.6 Å². The molecular weight excluding hydrogens is 506 g/mol. The summed E-state index contributed by atoms with van der Waals surface area (Å²) >= 11 is 0. The minimum atomic E-state index is -3.80. The van der Waals surface area contributed by atoms with Crippen molar-refractivity contribution in [2.24, 2.45) is 0 Å². The zero-order valence-electron chi connectivity index (χ0n) is 21.2. The van der Waals surface area contributed by atoms with Gasteiger partial charge in [-0.2, -0.15) is 0 Å². The van der Waals surface area contributed by atoms with Crippen molar-refractivity contribution in [1.82, 2.24) is 9.47 Å². The van der Waals surface area contributed by atoms with Gasteiger partial charge in [-0.3, -0.25) is 9.59 Å². The highest BCUT2D eigenvalue weighted by atomic mass is 32.2. The van der Waals surface area contributed by atoms with E-state index in [0.717, 1.165) is 18.2 Å². The van der Waals surface area contributed by atoms with E-state index in [9.17, 15) is 31.9 Å². The number of carbonyl (C=O) groups excluding carboxylic acids is 1. The van der Waals surface area contributed by atoms with Gasteiger partial charge in [-0.25, -0.2) is 17.2 Å². The van der Waals surface area contributed by atoms with Crippen LogP contribution in [0.25, 0.3) is 11.1 Å². The Morgan fingerprint density at radius 3 is 2.32 bits per heavy atom. The summed E-state index contributed by atoms with van der Waals surface area (Å²) in [6.45, 7) is 2.35. The molecule has 1 saturated heterocycles. The number of likely N-dealkylation sites (tertiary alicyclic amines) is 1. The second-order valence-corrected chi connectivity index (χ2v) is 12.2. The quantitative estimate of drug-likeness (QED) is 0.413. The largest absolute Gasteiger partial charge is 0.494 e. The Morgan fingerprint density at radius 1 is 1.11 bits per heavy atom. The minimum Gasteiger partial charge on any atom is -0.494 e. The Labute approximate surface area is 215 Å². The van der Waals surface area contributed by atoms with Gasteiger partial charge >= 0.3 is 0 Å². The lowest BCUT2D eigenvalue weighted by atomic mass is 10.0. The molecule has 1 unspecified atom stereocenters. The molecule has 1 aromatic heterocycles. The zero-order chi connectivity index (χ0) is 27.3. The Kier molecular flexibility index (Phi) is 9.25. The molecule has 2 aromatic rings. The van der Waals surface area contributed by atoms with Gasteiger partial charge < -0.3 is 19.3 Å². The number of aliphatic hydroxyl groups excluding tert-OH is 1. The van der Waals surface area contributed by atoms with Crippen LogP contribution in [-0.4, -0.2) is 78.5 Å². The predicted molar refractivity (Wildman–Crippen MR) is 137 cm³/mol. The van der Waals surface area contributed by atoms with E-state index in [4.69, 9.17) is 4.74 Å². The van der Waals surface area contributed by atoms with Crippen molar-refractivity contribution in [2.75, 3.05) is 39.1 Å². The normalized spacial score (nSPS) is 17.8. The molecule has 0 spiro atoms. The molecule has 1 aliphatic rings. The van der Waals surface area contributed by atoms with Crippen LogP contribution in [0.4, 0.5) is 8.78 Å². The standard InChI is InChI=1S/C26H34F2N2O6S/c1-25(23(32)19-31,37(2,34)35)9-16-30-13-8-21(18-24(30)33)20-4-6-22(7-5-20)36-17-3-12-29-14-10-26(27,28)11-15-29/h4-8,13,18,31H,3,9-12,14-17,19H2,1-2H3. The van der Waals surface area contributed by atoms with E-state index in [1.165, 1.54) is 17.6 Å². The number of carbonyl (C=O) groups is 1. The fraction of sp³-hybridized carbons (Fsp3) is 0.538.